The highest BCUT2D eigenvalue weighted by molar-refractivity contribution is 5.82. The van der Waals surface area contributed by atoms with Crippen molar-refractivity contribution in [2.75, 3.05) is 6.61 Å². The monoisotopic (exact) mass is 491 g/mol. The molecule has 0 amide bonds. The molecule has 0 aromatic heterocycles. The van der Waals surface area contributed by atoms with Crippen LogP contribution in [0.15, 0.2) is 53.5 Å². The van der Waals surface area contributed by atoms with Crippen LogP contribution in [0.5, 0.6) is 5.75 Å². The van der Waals surface area contributed by atoms with Gasteiger partial charge in [-0.05, 0) is 66.8 Å². The molecule has 0 radical (unpaired) electrons. The molecular formula is C34H53NO. The van der Waals surface area contributed by atoms with Crippen molar-refractivity contribution in [3.05, 3.63) is 59.7 Å². The summed E-state index contributed by atoms with van der Waals surface area (Å²) in [6, 6.07) is 17.0. The molecule has 2 nitrogen and oxygen atoms in total. The fraction of sp³-hybridized carbons (Fsp3) is 0.618. The van der Waals surface area contributed by atoms with Crippen LogP contribution in [0, 0.1) is 0 Å². The van der Waals surface area contributed by atoms with Gasteiger partial charge in [0.1, 0.15) is 5.75 Å². The van der Waals surface area contributed by atoms with Crippen LogP contribution in [0.25, 0.3) is 0 Å². The van der Waals surface area contributed by atoms with Crippen molar-refractivity contribution in [3.8, 4) is 5.75 Å². The number of unbranched alkanes of at least 4 members (excludes halogenated alkanes) is 15. The smallest absolute Gasteiger partial charge is 0.119 e. The second-order valence-corrected chi connectivity index (χ2v) is 10.4. The second-order valence-electron chi connectivity index (χ2n) is 10.4. The van der Waals surface area contributed by atoms with Gasteiger partial charge in [-0.3, -0.25) is 4.99 Å². The molecule has 0 heterocycles. The average Bonchev–Trinajstić information content (AvgIpc) is 2.91. The minimum Gasteiger partial charge on any atom is -0.494 e. The minimum atomic E-state index is 0.815. The molecule has 0 aliphatic carbocycles. The van der Waals surface area contributed by atoms with E-state index in [1.165, 1.54) is 115 Å². The molecule has 2 aromatic carbocycles. The average molecular weight is 492 g/mol. The van der Waals surface area contributed by atoms with Gasteiger partial charge in [-0.25, -0.2) is 0 Å². The first-order valence-corrected chi connectivity index (χ1v) is 15.2. The number of hydrogen-bond acceptors (Lipinski definition) is 2. The molecular weight excluding hydrogens is 438 g/mol. The molecule has 0 unspecified atom stereocenters. The Balaban J connectivity index is 1.50. The summed E-state index contributed by atoms with van der Waals surface area (Å²) in [5, 5.41) is 0. The fourth-order valence-electron chi connectivity index (χ4n) is 4.61. The summed E-state index contributed by atoms with van der Waals surface area (Å²) < 4.78 is 5.94. The van der Waals surface area contributed by atoms with Crippen molar-refractivity contribution < 1.29 is 4.74 Å². The third-order valence-electron chi connectivity index (χ3n) is 7.01. The Labute approximate surface area is 223 Å². The zero-order chi connectivity index (χ0) is 25.5. The summed E-state index contributed by atoms with van der Waals surface area (Å²) in [5.74, 6) is 0.957. The molecule has 0 saturated heterocycles. The summed E-state index contributed by atoms with van der Waals surface area (Å²) in [6.07, 6.45) is 26.3. The van der Waals surface area contributed by atoms with E-state index in [1.54, 1.807) is 0 Å². The van der Waals surface area contributed by atoms with E-state index in [-0.39, 0.29) is 0 Å². The lowest BCUT2D eigenvalue weighted by molar-refractivity contribution is 0.304. The fourth-order valence-corrected chi connectivity index (χ4v) is 4.61. The molecule has 2 rings (SSSR count). The highest BCUT2D eigenvalue weighted by Crippen LogP contribution is 2.17. The normalized spacial score (nSPS) is 11.4. The SMILES string of the molecule is CCCCCCCCCCCCCCCOc1ccc(C=Nc2ccc(CCCCCC)cc2)cc1. The maximum atomic E-state index is 5.94. The number of nitrogens with zero attached hydrogens (tertiary/aromatic N) is 1. The number of ether oxygens (including phenoxy) is 1. The van der Waals surface area contributed by atoms with E-state index < -0.39 is 0 Å². The predicted molar refractivity (Wildman–Crippen MR) is 159 cm³/mol. The summed E-state index contributed by atoms with van der Waals surface area (Å²) >= 11 is 0. The number of rotatable bonds is 22. The molecule has 0 saturated carbocycles. The lowest BCUT2D eigenvalue weighted by atomic mass is 10.0. The molecule has 0 spiro atoms. The van der Waals surface area contributed by atoms with E-state index in [0.717, 1.165) is 30.0 Å². The number of benzene rings is 2. The third kappa shape index (κ3) is 15.1. The lowest BCUT2D eigenvalue weighted by Crippen LogP contribution is -1.97. The van der Waals surface area contributed by atoms with Crippen molar-refractivity contribution in [1.29, 1.82) is 0 Å². The molecule has 0 bridgehead atoms. The van der Waals surface area contributed by atoms with E-state index in [9.17, 15) is 0 Å². The van der Waals surface area contributed by atoms with Crippen LogP contribution >= 0.6 is 0 Å². The molecule has 0 N–H and O–H groups in total. The molecule has 36 heavy (non-hydrogen) atoms. The maximum Gasteiger partial charge on any atom is 0.119 e. The van der Waals surface area contributed by atoms with Crippen LogP contribution in [-0.2, 0) is 6.42 Å². The van der Waals surface area contributed by atoms with Gasteiger partial charge >= 0.3 is 0 Å². The van der Waals surface area contributed by atoms with Gasteiger partial charge in [-0.2, -0.15) is 0 Å². The quantitative estimate of drug-likeness (QED) is 0.118. The van der Waals surface area contributed by atoms with Crippen molar-refractivity contribution in [1.82, 2.24) is 0 Å². The molecule has 200 valence electrons. The summed E-state index contributed by atoms with van der Waals surface area (Å²) in [5.41, 5.74) is 3.53. The van der Waals surface area contributed by atoms with Crippen molar-refractivity contribution >= 4 is 11.9 Å². The van der Waals surface area contributed by atoms with E-state index in [4.69, 9.17) is 4.74 Å². The molecule has 0 fully saturated rings. The highest BCUT2D eigenvalue weighted by Gasteiger charge is 1.98. The molecule has 2 heteroatoms. The predicted octanol–water partition coefficient (Wildman–Crippen LogP) is 11.0. The van der Waals surface area contributed by atoms with E-state index in [2.05, 4.69) is 67.4 Å². The summed E-state index contributed by atoms with van der Waals surface area (Å²) in [7, 11) is 0. The van der Waals surface area contributed by atoms with Crippen LogP contribution in [0.1, 0.15) is 134 Å². The molecule has 0 atom stereocenters. The molecule has 2 aromatic rings. The Hall–Kier alpha value is -2.09. The van der Waals surface area contributed by atoms with Crippen LogP contribution < -0.4 is 4.74 Å². The van der Waals surface area contributed by atoms with Gasteiger partial charge in [-0.15, -0.1) is 0 Å². The van der Waals surface area contributed by atoms with Gasteiger partial charge in [0.05, 0.1) is 12.3 Å². The summed E-state index contributed by atoms with van der Waals surface area (Å²) in [4.78, 5) is 4.63. The van der Waals surface area contributed by atoms with Crippen molar-refractivity contribution in [2.45, 2.75) is 129 Å². The highest BCUT2D eigenvalue weighted by atomic mass is 16.5. The number of hydrogen-bond donors (Lipinski definition) is 0. The Bertz CT molecular complexity index is 778. The molecule has 0 aliphatic heterocycles. The van der Waals surface area contributed by atoms with Crippen LogP contribution in [0.2, 0.25) is 0 Å². The Morgan fingerprint density at radius 2 is 1.06 bits per heavy atom. The van der Waals surface area contributed by atoms with Crippen LogP contribution in [-0.4, -0.2) is 12.8 Å². The topological polar surface area (TPSA) is 21.6 Å². The van der Waals surface area contributed by atoms with Crippen LogP contribution in [0.4, 0.5) is 5.69 Å². The number of aliphatic imine (C=N–C) groups is 1. The first-order valence-electron chi connectivity index (χ1n) is 15.2. The zero-order valence-electron chi connectivity index (χ0n) is 23.5. The second kappa shape index (κ2) is 21.0. The first kappa shape index (κ1) is 30.1. The van der Waals surface area contributed by atoms with Crippen molar-refractivity contribution in [3.63, 3.8) is 0 Å². The van der Waals surface area contributed by atoms with Gasteiger partial charge < -0.3 is 4.74 Å². The Kier molecular flexibility index (Phi) is 17.6. The van der Waals surface area contributed by atoms with Gasteiger partial charge in [0.15, 0.2) is 0 Å². The lowest BCUT2D eigenvalue weighted by Gasteiger charge is -2.06. The van der Waals surface area contributed by atoms with Crippen LogP contribution in [0.3, 0.4) is 0 Å². The Morgan fingerprint density at radius 1 is 0.556 bits per heavy atom. The largest absolute Gasteiger partial charge is 0.494 e. The van der Waals surface area contributed by atoms with Crippen molar-refractivity contribution in [2.24, 2.45) is 4.99 Å². The summed E-state index contributed by atoms with van der Waals surface area (Å²) in [6.45, 7) is 5.36. The Morgan fingerprint density at radius 3 is 1.61 bits per heavy atom. The van der Waals surface area contributed by atoms with Gasteiger partial charge in [-0.1, -0.05) is 122 Å². The minimum absolute atomic E-state index is 0.815. The maximum absolute atomic E-state index is 5.94. The zero-order valence-corrected chi connectivity index (χ0v) is 23.5. The third-order valence-corrected chi connectivity index (χ3v) is 7.01. The standard InChI is InChI=1S/C34H53NO/c1-3-5-7-9-10-11-12-13-14-15-16-17-19-29-36-34-27-23-32(24-28-34)30-35-33-25-21-31(22-26-33)20-18-8-6-4-2/h21-28,30H,3-20,29H2,1-2H3. The van der Waals surface area contributed by atoms with Gasteiger partial charge in [0.2, 0.25) is 0 Å². The van der Waals surface area contributed by atoms with Gasteiger partial charge in [0, 0.05) is 6.21 Å². The number of aryl methyl sites for hydroxylation is 1. The van der Waals surface area contributed by atoms with E-state index in [1.807, 2.05) is 6.21 Å². The first-order chi connectivity index (χ1) is 17.8. The van der Waals surface area contributed by atoms with E-state index >= 15 is 0 Å². The van der Waals surface area contributed by atoms with E-state index in [0.29, 0.717) is 0 Å². The molecule has 0 aliphatic rings. The van der Waals surface area contributed by atoms with Gasteiger partial charge in [0.25, 0.3) is 0 Å².